The summed E-state index contributed by atoms with van der Waals surface area (Å²) in [5.41, 5.74) is 1.56. The number of methoxy groups -OCH3 is 1. The van der Waals surface area contributed by atoms with Gasteiger partial charge < -0.3 is 9.47 Å². The fourth-order valence-electron chi connectivity index (χ4n) is 3.26. The van der Waals surface area contributed by atoms with E-state index < -0.39 is 0 Å². The van der Waals surface area contributed by atoms with Crippen LogP contribution in [0.2, 0.25) is 5.02 Å². The molecule has 0 spiro atoms. The summed E-state index contributed by atoms with van der Waals surface area (Å²) in [5, 5.41) is 5.05. The van der Waals surface area contributed by atoms with Gasteiger partial charge in [-0.15, -0.1) is 0 Å². The summed E-state index contributed by atoms with van der Waals surface area (Å²) in [6, 6.07) is 14.7. The van der Waals surface area contributed by atoms with Gasteiger partial charge in [0.15, 0.2) is 11.5 Å². The van der Waals surface area contributed by atoms with Crippen LogP contribution < -0.4 is 15.0 Å². The zero-order valence-corrected chi connectivity index (χ0v) is 20.0. The standard InChI is InChI=1S/C24H18BrClFN3O3/c1-14-29-21-7-6-17(25)11-19(21)24(31)30(14)28-12-16-9-20(26)23(22(10-16)32-2)33-13-15-4-3-5-18(27)8-15/h3-12H,13H2,1-2H3. The average molecular weight is 531 g/mol. The molecule has 1 aromatic heterocycles. The van der Waals surface area contributed by atoms with Gasteiger partial charge in [-0.2, -0.15) is 9.78 Å². The molecular weight excluding hydrogens is 513 g/mol. The molecule has 9 heteroatoms. The third kappa shape index (κ3) is 5.07. The highest BCUT2D eigenvalue weighted by Gasteiger charge is 2.13. The Labute approximate surface area is 202 Å². The van der Waals surface area contributed by atoms with Crippen molar-refractivity contribution >= 4 is 44.6 Å². The van der Waals surface area contributed by atoms with E-state index in [1.165, 1.54) is 30.1 Å². The lowest BCUT2D eigenvalue weighted by Gasteiger charge is -2.13. The predicted octanol–water partition coefficient (Wildman–Crippen LogP) is 5.73. The van der Waals surface area contributed by atoms with Gasteiger partial charge >= 0.3 is 0 Å². The molecule has 3 aromatic carbocycles. The Morgan fingerprint density at radius 2 is 2.03 bits per heavy atom. The lowest BCUT2D eigenvalue weighted by atomic mass is 10.2. The maximum absolute atomic E-state index is 13.4. The van der Waals surface area contributed by atoms with E-state index >= 15 is 0 Å². The van der Waals surface area contributed by atoms with Gasteiger partial charge in [0.25, 0.3) is 5.56 Å². The summed E-state index contributed by atoms with van der Waals surface area (Å²) in [6.45, 7) is 1.82. The third-order valence-electron chi connectivity index (χ3n) is 4.82. The van der Waals surface area contributed by atoms with Crippen LogP contribution in [0.1, 0.15) is 17.0 Å². The highest BCUT2D eigenvalue weighted by atomic mass is 79.9. The third-order valence-corrected chi connectivity index (χ3v) is 5.59. The summed E-state index contributed by atoms with van der Waals surface area (Å²) in [6.07, 6.45) is 1.49. The van der Waals surface area contributed by atoms with Crippen LogP contribution in [0, 0.1) is 12.7 Å². The molecular formula is C24H18BrClFN3O3. The Morgan fingerprint density at radius 1 is 1.21 bits per heavy atom. The van der Waals surface area contributed by atoms with Gasteiger partial charge in [0.05, 0.1) is 29.2 Å². The number of ether oxygens (including phenoxy) is 2. The van der Waals surface area contributed by atoms with Crippen LogP contribution in [-0.2, 0) is 6.61 Å². The second-order valence-electron chi connectivity index (χ2n) is 7.13. The predicted molar refractivity (Wildman–Crippen MR) is 130 cm³/mol. The topological polar surface area (TPSA) is 65.7 Å². The molecule has 0 unspecified atom stereocenters. The van der Waals surface area contributed by atoms with E-state index in [1.54, 1.807) is 43.3 Å². The molecule has 33 heavy (non-hydrogen) atoms. The summed E-state index contributed by atoms with van der Waals surface area (Å²) in [7, 11) is 1.49. The molecule has 0 atom stereocenters. The van der Waals surface area contributed by atoms with Gasteiger partial charge in [0.2, 0.25) is 0 Å². The van der Waals surface area contributed by atoms with Crippen LogP contribution in [0.5, 0.6) is 11.5 Å². The number of fused-ring (bicyclic) bond motifs is 1. The van der Waals surface area contributed by atoms with Gasteiger partial charge in [0.1, 0.15) is 18.2 Å². The molecule has 0 saturated carbocycles. The maximum Gasteiger partial charge on any atom is 0.282 e. The van der Waals surface area contributed by atoms with Gasteiger partial charge in [0, 0.05) is 4.47 Å². The molecule has 4 rings (SSSR count). The van der Waals surface area contributed by atoms with E-state index in [4.69, 9.17) is 21.1 Å². The highest BCUT2D eigenvalue weighted by molar-refractivity contribution is 9.10. The number of hydrogen-bond acceptors (Lipinski definition) is 5. The summed E-state index contributed by atoms with van der Waals surface area (Å²) < 4.78 is 26.6. The fourth-order valence-corrected chi connectivity index (χ4v) is 3.89. The lowest BCUT2D eigenvalue weighted by molar-refractivity contribution is 0.284. The number of nitrogens with zero attached hydrogens (tertiary/aromatic N) is 3. The van der Waals surface area contributed by atoms with Gasteiger partial charge in [-0.1, -0.05) is 39.7 Å². The molecule has 0 bridgehead atoms. The first-order valence-corrected chi connectivity index (χ1v) is 11.0. The smallest absolute Gasteiger partial charge is 0.282 e. The second-order valence-corrected chi connectivity index (χ2v) is 8.46. The minimum absolute atomic E-state index is 0.119. The van der Waals surface area contributed by atoms with Crippen LogP contribution in [0.25, 0.3) is 10.9 Å². The van der Waals surface area contributed by atoms with Gasteiger partial charge in [-0.3, -0.25) is 4.79 Å². The van der Waals surface area contributed by atoms with Crippen molar-refractivity contribution < 1.29 is 13.9 Å². The van der Waals surface area contributed by atoms with E-state index in [9.17, 15) is 9.18 Å². The first kappa shape index (κ1) is 22.9. The molecule has 1 heterocycles. The minimum atomic E-state index is -0.346. The van der Waals surface area contributed by atoms with Crippen LogP contribution in [0.15, 0.2) is 69.0 Å². The van der Waals surface area contributed by atoms with E-state index in [1.807, 2.05) is 6.07 Å². The fraction of sp³-hybridized carbons (Fsp3) is 0.125. The first-order chi connectivity index (χ1) is 15.9. The van der Waals surface area contributed by atoms with Crippen molar-refractivity contribution in [3.63, 3.8) is 0 Å². The summed E-state index contributed by atoms with van der Waals surface area (Å²) in [5.74, 6) is 0.803. The molecule has 0 saturated heterocycles. The van der Waals surface area contributed by atoms with Crippen molar-refractivity contribution in [2.75, 3.05) is 7.11 Å². The number of benzene rings is 3. The Morgan fingerprint density at radius 3 is 2.79 bits per heavy atom. The monoisotopic (exact) mass is 529 g/mol. The van der Waals surface area contributed by atoms with Gasteiger partial charge in [-0.05, 0) is 60.5 Å². The molecule has 0 aliphatic rings. The van der Waals surface area contributed by atoms with Crippen LogP contribution >= 0.6 is 27.5 Å². The van der Waals surface area contributed by atoms with Gasteiger partial charge in [-0.25, -0.2) is 9.37 Å². The molecule has 168 valence electrons. The van der Waals surface area contributed by atoms with E-state index in [0.717, 1.165) is 4.47 Å². The van der Waals surface area contributed by atoms with Crippen molar-refractivity contribution in [3.05, 3.63) is 97.2 Å². The van der Waals surface area contributed by atoms with Crippen molar-refractivity contribution in [1.82, 2.24) is 9.66 Å². The van der Waals surface area contributed by atoms with Crippen LogP contribution in [0.4, 0.5) is 4.39 Å². The largest absolute Gasteiger partial charge is 0.493 e. The molecule has 0 aliphatic heterocycles. The van der Waals surface area contributed by atoms with Crippen LogP contribution in [0.3, 0.4) is 0 Å². The number of halogens is 3. The normalized spacial score (nSPS) is 11.3. The summed E-state index contributed by atoms with van der Waals surface area (Å²) >= 11 is 9.80. The first-order valence-electron chi connectivity index (χ1n) is 9.84. The molecule has 0 N–H and O–H groups in total. The maximum atomic E-state index is 13.4. The average Bonchev–Trinajstić information content (AvgIpc) is 2.78. The van der Waals surface area contributed by atoms with E-state index in [-0.39, 0.29) is 23.0 Å². The number of aryl methyl sites for hydroxylation is 1. The SMILES string of the molecule is COc1cc(C=Nn2c(C)nc3ccc(Br)cc3c2=O)cc(Cl)c1OCc1cccc(F)c1. The Bertz CT molecular complexity index is 1440. The lowest BCUT2D eigenvalue weighted by Crippen LogP contribution is -2.20. The molecule has 0 fully saturated rings. The van der Waals surface area contributed by atoms with Crippen molar-refractivity contribution in [2.24, 2.45) is 5.10 Å². The van der Waals surface area contributed by atoms with Crippen molar-refractivity contribution in [1.29, 1.82) is 0 Å². The van der Waals surface area contributed by atoms with Crippen molar-refractivity contribution in [2.45, 2.75) is 13.5 Å². The quantitative estimate of drug-likeness (QED) is 0.299. The summed E-state index contributed by atoms with van der Waals surface area (Å²) in [4.78, 5) is 17.3. The second kappa shape index (κ2) is 9.72. The Balaban J connectivity index is 1.64. The number of rotatable bonds is 6. The highest BCUT2D eigenvalue weighted by Crippen LogP contribution is 2.36. The Kier molecular flexibility index (Phi) is 6.76. The molecule has 6 nitrogen and oxygen atoms in total. The molecule has 0 radical (unpaired) electrons. The molecule has 0 aliphatic carbocycles. The zero-order chi connectivity index (χ0) is 23.5. The Hall–Kier alpha value is -3.23. The van der Waals surface area contributed by atoms with E-state index in [0.29, 0.717) is 39.4 Å². The number of hydrogen-bond donors (Lipinski definition) is 0. The number of aromatic nitrogens is 2. The molecule has 4 aromatic rings. The van der Waals surface area contributed by atoms with Crippen molar-refractivity contribution in [3.8, 4) is 11.5 Å². The minimum Gasteiger partial charge on any atom is -0.493 e. The zero-order valence-electron chi connectivity index (χ0n) is 17.7. The van der Waals surface area contributed by atoms with Crippen LogP contribution in [-0.4, -0.2) is 23.0 Å². The van der Waals surface area contributed by atoms with E-state index in [2.05, 4.69) is 26.0 Å². The molecule has 0 amide bonds.